The highest BCUT2D eigenvalue weighted by molar-refractivity contribution is 5.85. The van der Waals surface area contributed by atoms with Gasteiger partial charge in [0, 0.05) is 13.0 Å². The lowest BCUT2D eigenvalue weighted by Crippen LogP contribution is -2.42. The smallest absolute Gasteiger partial charge is 0.411 e. The highest BCUT2D eigenvalue weighted by Gasteiger charge is 2.45. The Hall–Kier alpha value is -2.09. The molecule has 0 radical (unpaired) electrons. The van der Waals surface area contributed by atoms with Gasteiger partial charge in [0.15, 0.2) is 0 Å². The molecule has 1 aliphatic rings. The Morgan fingerprint density at radius 2 is 1.92 bits per heavy atom. The predicted octanol–water partition coefficient (Wildman–Crippen LogP) is 3.03. The van der Waals surface area contributed by atoms with E-state index in [4.69, 9.17) is 0 Å². The first-order valence-corrected chi connectivity index (χ1v) is 7.93. The summed E-state index contributed by atoms with van der Waals surface area (Å²) in [6, 6.07) is 6.67. The van der Waals surface area contributed by atoms with Gasteiger partial charge >= 0.3 is 12.1 Å². The highest BCUT2D eigenvalue weighted by Crippen LogP contribution is 2.44. The average molecular weight is 359 g/mol. The van der Waals surface area contributed by atoms with Gasteiger partial charge in [-0.15, -0.1) is 0 Å². The molecule has 0 aromatic heterocycles. The minimum atomic E-state index is -4.37. The van der Waals surface area contributed by atoms with E-state index < -0.39 is 24.2 Å². The SMILES string of the molecule is O=C(CC1(C(=O)O)CCC1)NCc1cccc(COCC(F)(F)F)c1. The number of benzene rings is 1. The Morgan fingerprint density at radius 1 is 1.24 bits per heavy atom. The van der Waals surface area contributed by atoms with E-state index in [0.717, 1.165) is 6.42 Å². The van der Waals surface area contributed by atoms with Crippen molar-refractivity contribution in [2.24, 2.45) is 5.41 Å². The van der Waals surface area contributed by atoms with Crippen molar-refractivity contribution < 1.29 is 32.6 Å². The maximum atomic E-state index is 12.1. The van der Waals surface area contributed by atoms with Crippen LogP contribution in [0.15, 0.2) is 24.3 Å². The molecule has 1 aliphatic carbocycles. The zero-order valence-corrected chi connectivity index (χ0v) is 13.6. The lowest BCUT2D eigenvalue weighted by molar-refractivity contribution is -0.176. The van der Waals surface area contributed by atoms with Crippen LogP contribution in [-0.4, -0.2) is 29.8 Å². The summed E-state index contributed by atoms with van der Waals surface area (Å²) in [5, 5.41) is 11.9. The van der Waals surface area contributed by atoms with E-state index in [-0.39, 0.29) is 25.5 Å². The van der Waals surface area contributed by atoms with Crippen LogP contribution in [-0.2, 0) is 27.5 Å². The van der Waals surface area contributed by atoms with Gasteiger partial charge in [-0.2, -0.15) is 13.2 Å². The van der Waals surface area contributed by atoms with Crippen LogP contribution in [0.3, 0.4) is 0 Å². The van der Waals surface area contributed by atoms with E-state index in [9.17, 15) is 27.9 Å². The fraction of sp³-hybridized carbons (Fsp3) is 0.529. The maximum absolute atomic E-state index is 12.1. The van der Waals surface area contributed by atoms with Crippen molar-refractivity contribution in [1.29, 1.82) is 0 Å². The molecule has 0 bridgehead atoms. The number of rotatable bonds is 8. The summed E-state index contributed by atoms with van der Waals surface area (Å²) in [6.45, 7) is -1.31. The quantitative estimate of drug-likeness (QED) is 0.748. The molecule has 2 rings (SSSR count). The maximum Gasteiger partial charge on any atom is 0.411 e. The Bertz CT molecular complexity index is 627. The number of aliphatic carboxylic acids is 1. The zero-order chi connectivity index (χ0) is 18.5. The molecule has 0 unspecified atom stereocenters. The summed E-state index contributed by atoms with van der Waals surface area (Å²) >= 11 is 0. The molecule has 1 fully saturated rings. The van der Waals surface area contributed by atoms with Gasteiger partial charge in [0.05, 0.1) is 12.0 Å². The van der Waals surface area contributed by atoms with Gasteiger partial charge in [0.2, 0.25) is 5.91 Å². The van der Waals surface area contributed by atoms with Crippen molar-refractivity contribution in [3.63, 3.8) is 0 Å². The molecule has 25 heavy (non-hydrogen) atoms. The number of nitrogens with one attached hydrogen (secondary N) is 1. The summed E-state index contributed by atoms with van der Waals surface area (Å²) in [6.07, 6.45) is -2.62. The summed E-state index contributed by atoms with van der Waals surface area (Å²) in [4.78, 5) is 23.2. The van der Waals surface area contributed by atoms with Crippen LogP contribution in [0, 0.1) is 5.41 Å². The first-order valence-electron chi connectivity index (χ1n) is 7.93. The first-order chi connectivity index (χ1) is 11.7. The Kier molecular flexibility index (Phi) is 6.05. The molecule has 2 N–H and O–H groups in total. The number of alkyl halides is 3. The minimum absolute atomic E-state index is 0.0588. The third-order valence-electron chi connectivity index (χ3n) is 4.28. The largest absolute Gasteiger partial charge is 0.481 e. The molecule has 0 spiro atoms. The van der Waals surface area contributed by atoms with Crippen LogP contribution in [0.4, 0.5) is 13.2 Å². The van der Waals surface area contributed by atoms with Crippen molar-refractivity contribution in [3.05, 3.63) is 35.4 Å². The topological polar surface area (TPSA) is 75.6 Å². The molecular formula is C17H20F3NO4. The number of carboxylic acids is 1. The summed E-state index contributed by atoms with van der Waals surface area (Å²) in [7, 11) is 0. The normalized spacial score (nSPS) is 16.1. The number of hydrogen-bond acceptors (Lipinski definition) is 3. The molecule has 0 saturated heterocycles. The molecule has 0 atom stereocenters. The van der Waals surface area contributed by atoms with Gasteiger partial charge < -0.3 is 15.2 Å². The van der Waals surface area contributed by atoms with Gasteiger partial charge in [-0.3, -0.25) is 9.59 Å². The molecule has 0 aliphatic heterocycles. The van der Waals surface area contributed by atoms with Crippen LogP contribution >= 0.6 is 0 Å². The lowest BCUT2D eigenvalue weighted by Gasteiger charge is -2.36. The number of carbonyl (C=O) groups is 2. The summed E-state index contributed by atoms with van der Waals surface area (Å²) < 4.78 is 40.8. The van der Waals surface area contributed by atoms with Crippen molar-refractivity contribution in [2.45, 2.75) is 45.0 Å². The van der Waals surface area contributed by atoms with E-state index in [1.165, 1.54) is 0 Å². The van der Waals surface area contributed by atoms with Gasteiger partial charge in [-0.05, 0) is 24.0 Å². The Morgan fingerprint density at radius 3 is 2.48 bits per heavy atom. The van der Waals surface area contributed by atoms with Gasteiger partial charge in [0.1, 0.15) is 6.61 Å². The highest BCUT2D eigenvalue weighted by atomic mass is 19.4. The number of hydrogen-bond donors (Lipinski definition) is 2. The third kappa shape index (κ3) is 5.74. The molecule has 1 aromatic carbocycles. The van der Waals surface area contributed by atoms with E-state index in [1.54, 1.807) is 24.3 Å². The molecule has 5 nitrogen and oxygen atoms in total. The van der Waals surface area contributed by atoms with Gasteiger partial charge in [0.25, 0.3) is 0 Å². The molecule has 1 amide bonds. The fourth-order valence-electron chi connectivity index (χ4n) is 2.75. The van der Waals surface area contributed by atoms with Gasteiger partial charge in [-0.25, -0.2) is 0 Å². The second-order valence-corrected chi connectivity index (χ2v) is 6.32. The van der Waals surface area contributed by atoms with Crippen LogP contribution < -0.4 is 5.32 Å². The van der Waals surface area contributed by atoms with E-state index in [2.05, 4.69) is 10.1 Å². The second-order valence-electron chi connectivity index (χ2n) is 6.32. The number of amides is 1. The molecule has 1 saturated carbocycles. The Balaban J connectivity index is 1.81. The molecule has 8 heteroatoms. The van der Waals surface area contributed by atoms with Crippen LogP contribution in [0.2, 0.25) is 0 Å². The standard InChI is InChI=1S/C17H20F3NO4/c18-17(19,20)11-25-10-13-4-1-3-12(7-13)9-21-14(22)8-16(15(23)24)5-2-6-16/h1,3-4,7H,2,5-6,8-11H2,(H,21,22)(H,23,24). The monoisotopic (exact) mass is 359 g/mol. The minimum Gasteiger partial charge on any atom is -0.481 e. The second kappa shape index (κ2) is 7.86. The molecular weight excluding hydrogens is 339 g/mol. The van der Waals surface area contributed by atoms with Crippen molar-refractivity contribution in [1.82, 2.24) is 5.32 Å². The van der Waals surface area contributed by atoms with Crippen LogP contribution in [0.25, 0.3) is 0 Å². The lowest BCUT2D eigenvalue weighted by atomic mass is 9.66. The van der Waals surface area contributed by atoms with Crippen molar-refractivity contribution in [2.75, 3.05) is 6.61 Å². The molecule has 138 valence electrons. The number of carboxylic acid groups (broad SMARTS) is 1. The predicted molar refractivity (Wildman–Crippen MR) is 82.5 cm³/mol. The van der Waals surface area contributed by atoms with Crippen molar-refractivity contribution >= 4 is 11.9 Å². The Labute approximate surface area is 143 Å². The average Bonchev–Trinajstić information content (AvgIpc) is 2.47. The number of ether oxygens (including phenoxy) is 1. The van der Waals surface area contributed by atoms with Crippen LogP contribution in [0.1, 0.15) is 36.8 Å². The number of halogens is 3. The molecule has 1 aromatic rings. The molecule has 0 heterocycles. The summed E-state index contributed by atoms with van der Waals surface area (Å²) in [5.74, 6) is -1.29. The van der Waals surface area contributed by atoms with Crippen LogP contribution in [0.5, 0.6) is 0 Å². The third-order valence-corrected chi connectivity index (χ3v) is 4.28. The van der Waals surface area contributed by atoms with E-state index in [0.29, 0.717) is 24.0 Å². The summed E-state index contributed by atoms with van der Waals surface area (Å²) in [5.41, 5.74) is 0.327. The van der Waals surface area contributed by atoms with Gasteiger partial charge in [-0.1, -0.05) is 30.7 Å². The van der Waals surface area contributed by atoms with Crippen molar-refractivity contribution in [3.8, 4) is 0 Å². The first kappa shape index (κ1) is 19.2. The van der Waals surface area contributed by atoms with E-state index >= 15 is 0 Å². The zero-order valence-electron chi connectivity index (χ0n) is 13.6. The van der Waals surface area contributed by atoms with E-state index in [1.807, 2.05) is 0 Å². The fourth-order valence-corrected chi connectivity index (χ4v) is 2.75. The number of carbonyl (C=O) groups excluding carboxylic acids is 1.